The summed E-state index contributed by atoms with van der Waals surface area (Å²) in [5.74, 6) is -0.158. The minimum Gasteiger partial charge on any atom is -0.382 e. The van der Waals surface area contributed by atoms with E-state index in [1.807, 2.05) is 30.3 Å². The number of carbonyl (C=O) groups is 1. The van der Waals surface area contributed by atoms with E-state index in [4.69, 9.17) is 28.0 Å². The molecule has 0 bridgehead atoms. The molecule has 140 valence electrons. The number of thiocarbonyl (C=S) groups is 1. The molecule has 27 heavy (non-hydrogen) atoms. The van der Waals surface area contributed by atoms with Gasteiger partial charge in [-0.3, -0.25) is 9.69 Å². The molecule has 0 atom stereocenters. The van der Waals surface area contributed by atoms with Crippen molar-refractivity contribution in [3.05, 3.63) is 69.6 Å². The summed E-state index contributed by atoms with van der Waals surface area (Å²) in [5.41, 5.74) is 1.34. The molecule has 2 aromatic carbocycles. The Hall–Kier alpha value is -1.87. The second-order valence-corrected chi connectivity index (χ2v) is 9.41. The molecule has 1 amide bonds. The number of benzene rings is 2. The topological polar surface area (TPSA) is 63.7 Å². The Balaban J connectivity index is 1.91. The molecule has 2 aromatic rings. The number of hydrogen-bond acceptors (Lipinski definition) is 6. The van der Waals surface area contributed by atoms with E-state index < -0.39 is 10.1 Å². The number of nitrogens with zero attached hydrogens (tertiary/aromatic N) is 1. The molecule has 1 saturated heterocycles. The van der Waals surface area contributed by atoms with E-state index >= 15 is 0 Å². The van der Waals surface area contributed by atoms with E-state index in [0.29, 0.717) is 26.4 Å². The van der Waals surface area contributed by atoms with Crippen LogP contribution in [0.25, 0.3) is 6.08 Å². The third-order valence-electron chi connectivity index (χ3n) is 3.56. The summed E-state index contributed by atoms with van der Waals surface area (Å²) >= 11 is 12.5. The fraction of sp³-hybridized carbons (Fsp3) is 0.111. The Morgan fingerprint density at radius 1 is 1.22 bits per heavy atom. The van der Waals surface area contributed by atoms with Crippen LogP contribution in [0.1, 0.15) is 11.1 Å². The van der Waals surface area contributed by atoms with Crippen LogP contribution in [-0.4, -0.2) is 29.8 Å². The van der Waals surface area contributed by atoms with Crippen molar-refractivity contribution in [2.75, 3.05) is 6.26 Å². The standard InChI is InChI=1S/C18H14ClNO4S3/c1-27(22,23)24-15-8-7-14(19)9-13(15)10-16-17(21)20(18(25)26-16)11-12-5-3-2-4-6-12/h2-10H,11H2,1H3/b16-10+. The van der Waals surface area contributed by atoms with Gasteiger partial charge in [0, 0.05) is 10.6 Å². The lowest BCUT2D eigenvalue weighted by atomic mass is 10.2. The maximum Gasteiger partial charge on any atom is 0.306 e. The zero-order chi connectivity index (χ0) is 19.6. The zero-order valence-corrected chi connectivity index (χ0v) is 17.3. The van der Waals surface area contributed by atoms with Crippen molar-refractivity contribution >= 4 is 62.0 Å². The second kappa shape index (κ2) is 8.02. The second-order valence-electron chi connectivity index (χ2n) is 5.72. The van der Waals surface area contributed by atoms with Crippen molar-refractivity contribution in [3.63, 3.8) is 0 Å². The van der Waals surface area contributed by atoms with Crippen molar-refractivity contribution in [1.82, 2.24) is 4.90 Å². The number of amides is 1. The molecule has 0 saturated carbocycles. The Morgan fingerprint density at radius 2 is 1.93 bits per heavy atom. The molecule has 1 aliphatic rings. The lowest BCUT2D eigenvalue weighted by Crippen LogP contribution is -2.27. The first-order valence-electron chi connectivity index (χ1n) is 7.71. The molecule has 0 unspecified atom stereocenters. The lowest BCUT2D eigenvalue weighted by molar-refractivity contribution is -0.122. The van der Waals surface area contributed by atoms with Crippen molar-refractivity contribution < 1.29 is 17.4 Å². The highest BCUT2D eigenvalue weighted by Crippen LogP contribution is 2.36. The van der Waals surface area contributed by atoms with Crippen LogP contribution in [-0.2, 0) is 21.5 Å². The summed E-state index contributed by atoms with van der Waals surface area (Å²) < 4.78 is 28.4. The SMILES string of the molecule is CS(=O)(=O)Oc1ccc(Cl)cc1/C=C1/SC(=S)N(Cc2ccccc2)C1=O. The molecule has 0 aliphatic carbocycles. The third kappa shape index (κ3) is 5.10. The van der Waals surface area contributed by atoms with Crippen LogP contribution in [0.3, 0.4) is 0 Å². The fourth-order valence-corrected chi connectivity index (χ4v) is 4.32. The van der Waals surface area contributed by atoms with E-state index in [2.05, 4.69) is 0 Å². The smallest absolute Gasteiger partial charge is 0.306 e. The average molecular weight is 440 g/mol. The van der Waals surface area contributed by atoms with Gasteiger partial charge in [0.05, 0.1) is 17.7 Å². The molecule has 0 radical (unpaired) electrons. The van der Waals surface area contributed by atoms with Gasteiger partial charge in [0.1, 0.15) is 10.1 Å². The third-order valence-corrected chi connectivity index (χ3v) is 5.65. The van der Waals surface area contributed by atoms with E-state index in [0.717, 1.165) is 23.6 Å². The molecule has 1 fully saturated rings. The predicted octanol–water partition coefficient (Wildman–Crippen LogP) is 4.08. The highest BCUT2D eigenvalue weighted by atomic mass is 35.5. The first-order chi connectivity index (χ1) is 12.7. The minimum atomic E-state index is -3.72. The zero-order valence-electron chi connectivity index (χ0n) is 14.1. The van der Waals surface area contributed by atoms with Gasteiger partial charge in [-0.05, 0) is 29.8 Å². The van der Waals surface area contributed by atoms with Gasteiger partial charge in [-0.25, -0.2) is 0 Å². The summed E-state index contributed by atoms with van der Waals surface area (Å²) in [5, 5.41) is 0.391. The summed E-state index contributed by atoms with van der Waals surface area (Å²) in [6, 6.07) is 14.0. The molecule has 5 nitrogen and oxygen atoms in total. The van der Waals surface area contributed by atoms with E-state index in [1.165, 1.54) is 29.2 Å². The fourth-order valence-electron chi connectivity index (χ4n) is 2.41. The van der Waals surface area contributed by atoms with Gasteiger partial charge < -0.3 is 4.18 Å². The van der Waals surface area contributed by atoms with E-state index in [9.17, 15) is 13.2 Å². The van der Waals surface area contributed by atoms with Gasteiger partial charge in [0.2, 0.25) is 0 Å². The number of hydrogen-bond donors (Lipinski definition) is 0. The maximum atomic E-state index is 12.8. The van der Waals surface area contributed by atoms with Gasteiger partial charge in [-0.15, -0.1) is 0 Å². The molecule has 3 rings (SSSR count). The Labute approximate surface area is 172 Å². The molecule has 1 heterocycles. The molecular formula is C18H14ClNO4S3. The van der Waals surface area contributed by atoms with E-state index in [1.54, 1.807) is 0 Å². The largest absolute Gasteiger partial charge is 0.382 e. The molecular weight excluding hydrogens is 426 g/mol. The summed E-state index contributed by atoms with van der Waals surface area (Å²) in [4.78, 5) is 14.6. The van der Waals surface area contributed by atoms with Crippen molar-refractivity contribution in [1.29, 1.82) is 0 Å². The van der Waals surface area contributed by atoms with Crippen LogP contribution < -0.4 is 4.18 Å². The highest BCUT2D eigenvalue weighted by Gasteiger charge is 2.32. The molecule has 0 aromatic heterocycles. The van der Waals surface area contributed by atoms with Crippen LogP contribution >= 0.6 is 35.6 Å². The average Bonchev–Trinajstić information content (AvgIpc) is 2.85. The molecule has 9 heteroatoms. The number of thioether (sulfide) groups is 1. The number of halogens is 1. The van der Waals surface area contributed by atoms with Gasteiger partial charge in [-0.2, -0.15) is 8.42 Å². The summed E-state index contributed by atoms with van der Waals surface area (Å²) in [7, 11) is -3.72. The Bertz CT molecular complexity index is 1040. The van der Waals surface area contributed by atoms with Gasteiger partial charge >= 0.3 is 10.1 Å². The molecule has 0 spiro atoms. The Morgan fingerprint density at radius 3 is 2.59 bits per heavy atom. The van der Waals surface area contributed by atoms with Crippen LogP contribution in [0.2, 0.25) is 5.02 Å². The predicted molar refractivity (Wildman–Crippen MR) is 112 cm³/mol. The van der Waals surface area contributed by atoms with E-state index in [-0.39, 0.29) is 11.7 Å². The monoisotopic (exact) mass is 439 g/mol. The van der Waals surface area contributed by atoms with Gasteiger partial charge in [-0.1, -0.05) is 65.9 Å². The lowest BCUT2D eigenvalue weighted by Gasteiger charge is -2.14. The molecule has 0 N–H and O–H groups in total. The van der Waals surface area contributed by atoms with Crippen molar-refractivity contribution in [2.45, 2.75) is 6.54 Å². The maximum absolute atomic E-state index is 12.8. The summed E-state index contributed by atoms with van der Waals surface area (Å²) in [6.45, 7) is 0.366. The molecule has 1 aliphatic heterocycles. The van der Waals surface area contributed by atoms with Crippen LogP contribution in [0.5, 0.6) is 5.75 Å². The number of carbonyl (C=O) groups excluding carboxylic acids is 1. The number of rotatable bonds is 5. The van der Waals surface area contributed by atoms with Crippen molar-refractivity contribution in [2.24, 2.45) is 0 Å². The first kappa shape index (κ1) is 19.9. The van der Waals surface area contributed by atoms with Crippen LogP contribution in [0, 0.1) is 0 Å². The Kier molecular flexibility index (Phi) is 5.90. The highest BCUT2D eigenvalue weighted by molar-refractivity contribution is 8.26. The first-order valence-corrected chi connectivity index (χ1v) is 11.1. The van der Waals surface area contributed by atoms with Gasteiger partial charge in [0.25, 0.3) is 5.91 Å². The summed E-state index contributed by atoms with van der Waals surface area (Å²) in [6.07, 6.45) is 2.49. The van der Waals surface area contributed by atoms with Crippen LogP contribution in [0.15, 0.2) is 53.4 Å². The van der Waals surface area contributed by atoms with Gasteiger partial charge in [0.15, 0.2) is 0 Å². The van der Waals surface area contributed by atoms with Crippen molar-refractivity contribution in [3.8, 4) is 5.75 Å². The van der Waals surface area contributed by atoms with Crippen LogP contribution in [0.4, 0.5) is 0 Å². The minimum absolute atomic E-state index is 0.0928. The normalized spacial score (nSPS) is 16.2. The quantitative estimate of drug-likeness (QED) is 0.397.